The summed E-state index contributed by atoms with van der Waals surface area (Å²) in [6.07, 6.45) is 2.55. The molecule has 0 radical (unpaired) electrons. The number of benzene rings is 1. The molecule has 2 nitrogen and oxygen atoms in total. The first-order chi connectivity index (χ1) is 8.78. The SMILES string of the molecule is COCc1c(CNC2CC2)sc2ccc(F)cc12. The van der Waals surface area contributed by atoms with Gasteiger partial charge in [-0.2, -0.15) is 0 Å². The summed E-state index contributed by atoms with van der Waals surface area (Å²) in [6, 6.07) is 5.67. The molecule has 96 valence electrons. The lowest BCUT2D eigenvalue weighted by atomic mass is 10.1. The zero-order valence-corrected chi connectivity index (χ0v) is 11.1. The summed E-state index contributed by atoms with van der Waals surface area (Å²) >= 11 is 1.73. The molecule has 1 fully saturated rings. The molecule has 1 aliphatic rings. The lowest BCUT2D eigenvalue weighted by molar-refractivity contribution is 0.185. The third-order valence-electron chi connectivity index (χ3n) is 3.25. The van der Waals surface area contributed by atoms with Crippen molar-refractivity contribution >= 4 is 21.4 Å². The second kappa shape index (κ2) is 4.96. The number of methoxy groups -OCH3 is 1. The molecule has 0 unspecified atom stereocenters. The zero-order chi connectivity index (χ0) is 12.5. The summed E-state index contributed by atoms with van der Waals surface area (Å²) in [5.74, 6) is -0.181. The third kappa shape index (κ3) is 2.41. The quantitative estimate of drug-likeness (QED) is 0.894. The normalized spacial score (nSPS) is 15.4. The number of ether oxygens (including phenoxy) is 1. The maximum Gasteiger partial charge on any atom is 0.123 e. The Morgan fingerprint density at radius 3 is 3.00 bits per heavy atom. The Morgan fingerprint density at radius 2 is 2.28 bits per heavy atom. The number of halogens is 1. The van der Waals surface area contributed by atoms with Crippen molar-refractivity contribution in [2.75, 3.05) is 7.11 Å². The largest absolute Gasteiger partial charge is 0.380 e. The lowest BCUT2D eigenvalue weighted by Crippen LogP contribution is -2.15. The van der Waals surface area contributed by atoms with Gasteiger partial charge in [0.15, 0.2) is 0 Å². The molecule has 1 aromatic carbocycles. The van der Waals surface area contributed by atoms with Crippen LogP contribution in [0.15, 0.2) is 18.2 Å². The van der Waals surface area contributed by atoms with E-state index in [4.69, 9.17) is 4.74 Å². The topological polar surface area (TPSA) is 21.3 Å². The van der Waals surface area contributed by atoms with Crippen molar-refractivity contribution in [2.24, 2.45) is 0 Å². The van der Waals surface area contributed by atoms with E-state index in [9.17, 15) is 4.39 Å². The zero-order valence-electron chi connectivity index (χ0n) is 10.3. The van der Waals surface area contributed by atoms with Gasteiger partial charge in [-0.05, 0) is 31.0 Å². The van der Waals surface area contributed by atoms with Crippen molar-refractivity contribution in [3.63, 3.8) is 0 Å². The van der Waals surface area contributed by atoms with Crippen LogP contribution in [0.4, 0.5) is 4.39 Å². The van der Waals surface area contributed by atoms with Gasteiger partial charge in [-0.25, -0.2) is 4.39 Å². The van der Waals surface area contributed by atoms with Gasteiger partial charge >= 0.3 is 0 Å². The molecule has 1 aromatic heterocycles. The van der Waals surface area contributed by atoms with Gasteiger partial charge in [-0.15, -0.1) is 11.3 Å². The highest BCUT2D eigenvalue weighted by atomic mass is 32.1. The van der Waals surface area contributed by atoms with Crippen LogP contribution in [0, 0.1) is 5.82 Å². The number of hydrogen-bond acceptors (Lipinski definition) is 3. The van der Waals surface area contributed by atoms with Gasteiger partial charge in [-0.1, -0.05) is 0 Å². The third-order valence-corrected chi connectivity index (χ3v) is 4.47. The monoisotopic (exact) mass is 265 g/mol. The average Bonchev–Trinajstić information content (AvgIpc) is 3.13. The smallest absolute Gasteiger partial charge is 0.123 e. The number of hydrogen-bond donors (Lipinski definition) is 1. The number of nitrogens with one attached hydrogen (secondary N) is 1. The fraction of sp³-hybridized carbons (Fsp3) is 0.429. The molecule has 0 saturated heterocycles. The van der Waals surface area contributed by atoms with E-state index in [1.807, 2.05) is 6.07 Å². The van der Waals surface area contributed by atoms with Gasteiger partial charge in [0, 0.05) is 40.2 Å². The number of thiophene rings is 1. The van der Waals surface area contributed by atoms with Crippen LogP contribution in [-0.4, -0.2) is 13.2 Å². The summed E-state index contributed by atoms with van der Waals surface area (Å²) < 4.78 is 19.7. The molecule has 2 aromatic rings. The summed E-state index contributed by atoms with van der Waals surface area (Å²) in [6.45, 7) is 1.41. The van der Waals surface area contributed by atoms with Crippen LogP contribution < -0.4 is 5.32 Å². The average molecular weight is 265 g/mol. The van der Waals surface area contributed by atoms with E-state index in [-0.39, 0.29) is 5.82 Å². The van der Waals surface area contributed by atoms with E-state index in [0.29, 0.717) is 12.6 Å². The molecule has 0 spiro atoms. The Labute approximate surface area is 110 Å². The molecule has 1 aliphatic carbocycles. The van der Waals surface area contributed by atoms with Crippen molar-refractivity contribution in [2.45, 2.75) is 32.0 Å². The molecule has 0 atom stereocenters. The minimum absolute atomic E-state index is 0.181. The minimum atomic E-state index is -0.181. The maximum absolute atomic E-state index is 13.3. The Morgan fingerprint density at radius 1 is 1.44 bits per heavy atom. The van der Waals surface area contributed by atoms with Crippen LogP contribution in [-0.2, 0) is 17.9 Å². The summed E-state index contributed by atoms with van der Waals surface area (Å²) in [4.78, 5) is 1.27. The van der Waals surface area contributed by atoms with E-state index in [0.717, 1.165) is 22.2 Å². The van der Waals surface area contributed by atoms with Crippen molar-refractivity contribution < 1.29 is 9.13 Å². The predicted octanol–water partition coefficient (Wildman–Crippen LogP) is 3.44. The van der Waals surface area contributed by atoms with Crippen LogP contribution in [0.5, 0.6) is 0 Å². The van der Waals surface area contributed by atoms with E-state index >= 15 is 0 Å². The molecule has 1 N–H and O–H groups in total. The Kier molecular flexibility index (Phi) is 3.33. The van der Waals surface area contributed by atoms with Gasteiger partial charge in [0.2, 0.25) is 0 Å². The highest BCUT2D eigenvalue weighted by molar-refractivity contribution is 7.19. The Bertz CT molecular complexity index is 562. The van der Waals surface area contributed by atoms with Gasteiger partial charge in [0.05, 0.1) is 6.61 Å². The second-order valence-electron chi connectivity index (χ2n) is 4.73. The highest BCUT2D eigenvalue weighted by Crippen LogP contribution is 2.33. The molecular formula is C14H16FNOS. The van der Waals surface area contributed by atoms with Gasteiger partial charge in [0.1, 0.15) is 5.82 Å². The van der Waals surface area contributed by atoms with Crippen molar-refractivity contribution in [1.82, 2.24) is 5.32 Å². The van der Waals surface area contributed by atoms with Gasteiger partial charge in [-0.3, -0.25) is 0 Å². The molecule has 3 rings (SSSR count). The summed E-state index contributed by atoms with van der Waals surface area (Å²) in [7, 11) is 1.68. The first-order valence-corrected chi connectivity index (χ1v) is 7.01. The van der Waals surface area contributed by atoms with E-state index in [2.05, 4.69) is 5.32 Å². The molecular weight excluding hydrogens is 249 g/mol. The van der Waals surface area contributed by atoms with E-state index in [1.54, 1.807) is 24.5 Å². The first-order valence-electron chi connectivity index (χ1n) is 6.20. The van der Waals surface area contributed by atoms with Crippen LogP contribution in [0.1, 0.15) is 23.3 Å². The van der Waals surface area contributed by atoms with Crippen LogP contribution in [0.25, 0.3) is 10.1 Å². The molecule has 0 aliphatic heterocycles. The molecule has 0 bridgehead atoms. The first kappa shape index (κ1) is 12.1. The predicted molar refractivity (Wildman–Crippen MR) is 72.4 cm³/mol. The molecule has 0 amide bonds. The fourth-order valence-corrected chi connectivity index (χ4v) is 3.28. The van der Waals surface area contributed by atoms with Crippen molar-refractivity contribution in [3.8, 4) is 0 Å². The van der Waals surface area contributed by atoms with Crippen molar-refractivity contribution in [3.05, 3.63) is 34.5 Å². The molecule has 4 heteroatoms. The molecule has 18 heavy (non-hydrogen) atoms. The van der Waals surface area contributed by atoms with E-state index < -0.39 is 0 Å². The van der Waals surface area contributed by atoms with Crippen molar-refractivity contribution in [1.29, 1.82) is 0 Å². The van der Waals surface area contributed by atoms with E-state index in [1.165, 1.54) is 23.8 Å². The second-order valence-corrected chi connectivity index (χ2v) is 5.87. The molecule has 1 saturated carbocycles. The highest BCUT2D eigenvalue weighted by Gasteiger charge is 2.21. The summed E-state index contributed by atoms with van der Waals surface area (Å²) in [5, 5.41) is 4.50. The van der Waals surface area contributed by atoms with Crippen LogP contribution >= 0.6 is 11.3 Å². The van der Waals surface area contributed by atoms with Crippen LogP contribution in [0.2, 0.25) is 0 Å². The summed E-state index contributed by atoms with van der Waals surface area (Å²) in [5.41, 5.74) is 1.13. The number of rotatable bonds is 5. The van der Waals surface area contributed by atoms with Gasteiger partial charge < -0.3 is 10.1 Å². The standard InChI is InChI=1S/C14H16FNOS/c1-17-8-12-11-6-9(15)2-5-13(11)18-14(12)7-16-10-3-4-10/h2,5-6,10,16H,3-4,7-8H2,1H3. The fourth-order valence-electron chi connectivity index (χ4n) is 2.14. The Hall–Kier alpha value is -0.970. The van der Waals surface area contributed by atoms with Gasteiger partial charge in [0.25, 0.3) is 0 Å². The molecule has 1 heterocycles. The Balaban J connectivity index is 1.96. The number of fused-ring (bicyclic) bond motifs is 1. The lowest BCUT2D eigenvalue weighted by Gasteiger charge is -2.04. The minimum Gasteiger partial charge on any atom is -0.380 e. The van der Waals surface area contributed by atoms with Crippen LogP contribution in [0.3, 0.4) is 0 Å². The maximum atomic E-state index is 13.3.